The monoisotopic (exact) mass is 749 g/mol. The second-order valence-electron chi connectivity index (χ2n) is 14.1. The van der Waals surface area contributed by atoms with E-state index in [0.717, 1.165) is 38.5 Å². The fraction of sp³-hybridized carbons (Fsp3) is 0.643. The molecule has 0 spiro atoms. The van der Waals surface area contributed by atoms with E-state index in [0.29, 0.717) is 30.3 Å². The average molecular weight is 749 g/mol. The molecule has 0 rings (SSSR count). The van der Waals surface area contributed by atoms with Crippen LogP contribution in [0.3, 0.4) is 0 Å². The number of nitrogens with one attached hydrogen (secondary N) is 1. The zero-order valence-corrected chi connectivity index (χ0v) is 34.0. The molecule has 0 aromatic heterocycles. The van der Waals surface area contributed by atoms with Gasteiger partial charge in [-0.15, -0.1) is 0 Å². The van der Waals surface area contributed by atoms with Crippen LogP contribution >= 0.6 is 7.82 Å². The number of phosphoric acid groups is 1. The van der Waals surface area contributed by atoms with Crippen LogP contribution in [0.15, 0.2) is 85.1 Å². The first kappa shape index (κ1) is 49.6. The number of nitrogens with zero attached hydrogens (tertiary/aromatic N) is 1. The SMILES string of the molecule is CC/C=C\C/C=C\C/C=C\C/C=C\C=C\C(O)CCCC(=O)N[C@@H](COP(=O)([O-])OCC[N+](C)(C)C)[C@H](O)/C=C/CC/C=C\CCCCCCCC. The predicted octanol–water partition coefficient (Wildman–Crippen LogP) is 8.58. The van der Waals surface area contributed by atoms with Gasteiger partial charge in [0.1, 0.15) is 13.2 Å². The molecule has 0 aliphatic rings. The first-order valence-electron chi connectivity index (χ1n) is 19.6. The van der Waals surface area contributed by atoms with Crippen LogP contribution < -0.4 is 10.2 Å². The molecule has 0 aromatic carbocycles. The molecule has 10 heteroatoms. The molecule has 1 amide bonds. The standard InChI is InChI=1S/C42H73N2O7P/c1-6-8-10-12-14-16-18-20-21-23-25-27-29-32-39(45)33-31-35-42(47)43-40(38-51-52(48,49)50-37-36-44(3,4)5)41(46)34-30-28-26-24-22-19-17-15-13-11-9-7-2/h8,10,14,16,20-22,24-25,27,29-30,32,34,39-41,45-46H,6-7,9,11-13,15,17-19,23,26,28,31,33,35-38H2,1-5H3,(H-,43,47,48,49)/b10-8-,16-14-,21-20-,24-22-,27-25-,32-29+,34-30+/t39?,40-,41+/m0/s1. The lowest BCUT2D eigenvalue weighted by Crippen LogP contribution is -2.45. The number of hydrogen-bond acceptors (Lipinski definition) is 7. The van der Waals surface area contributed by atoms with Gasteiger partial charge in [-0.3, -0.25) is 9.36 Å². The van der Waals surface area contributed by atoms with Crippen molar-refractivity contribution in [2.45, 2.75) is 135 Å². The van der Waals surface area contributed by atoms with Crippen LogP contribution in [0.25, 0.3) is 0 Å². The van der Waals surface area contributed by atoms with Gasteiger partial charge in [-0.1, -0.05) is 131 Å². The normalized spacial score (nSPS) is 16.1. The lowest BCUT2D eigenvalue weighted by molar-refractivity contribution is -0.870. The molecular formula is C42H73N2O7P. The maximum atomic E-state index is 12.8. The van der Waals surface area contributed by atoms with Crippen LogP contribution in [-0.2, 0) is 18.4 Å². The summed E-state index contributed by atoms with van der Waals surface area (Å²) in [5.74, 6) is -0.375. The molecule has 0 heterocycles. The molecular weight excluding hydrogens is 675 g/mol. The number of aliphatic hydroxyl groups excluding tert-OH is 2. The van der Waals surface area contributed by atoms with Crippen molar-refractivity contribution in [2.24, 2.45) is 0 Å². The van der Waals surface area contributed by atoms with Gasteiger partial charge < -0.3 is 34.0 Å². The second kappa shape index (κ2) is 33.2. The third kappa shape index (κ3) is 34.7. The number of hydrogen-bond donors (Lipinski definition) is 3. The number of phosphoric ester groups is 1. The minimum atomic E-state index is -4.65. The Morgan fingerprint density at radius 1 is 0.750 bits per heavy atom. The van der Waals surface area contributed by atoms with Crippen LogP contribution in [0.1, 0.15) is 117 Å². The van der Waals surface area contributed by atoms with Gasteiger partial charge in [0.15, 0.2) is 0 Å². The van der Waals surface area contributed by atoms with Gasteiger partial charge in [0.05, 0.1) is 46.0 Å². The van der Waals surface area contributed by atoms with Gasteiger partial charge >= 0.3 is 0 Å². The molecule has 0 radical (unpaired) electrons. The molecule has 9 nitrogen and oxygen atoms in total. The Balaban J connectivity index is 4.81. The molecule has 0 saturated carbocycles. The first-order valence-corrected chi connectivity index (χ1v) is 21.0. The molecule has 0 aliphatic heterocycles. The van der Waals surface area contributed by atoms with Gasteiger partial charge in [0, 0.05) is 6.42 Å². The predicted molar refractivity (Wildman–Crippen MR) is 216 cm³/mol. The number of carbonyl (C=O) groups is 1. The van der Waals surface area contributed by atoms with E-state index in [1.165, 1.54) is 38.5 Å². The van der Waals surface area contributed by atoms with Gasteiger partial charge in [0.25, 0.3) is 7.82 Å². The number of allylic oxidation sites excluding steroid dienone is 12. The van der Waals surface area contributed by atoms with Gasteiger partial charge in [0.2, 0.25) is 5.91 Å². The fourth-order valence-corrected chi connectivity index (χ4v) is 5.50. The van der Waals surface area contributed by atoms with E-state index in [9.17, 15) is 24.5 Å². The van der Waals surface area contributed by atoms with E-state index in [2.05, 4.69) is 67.8 Å². The highest BCUT2D eigenvalue weighted by molar-refractivity contribution is 7.45. The number of aliphatic hydroxyl groups is 2. The maximum absolute atomic E-state index is 12.8. The summed E-state index contributed by atoms with van der Waals surface area (Å²) >= 11 is 0. The Morgan fingerprint density at radius 2 is 1.37 bits per heavy atom. The zero-order valence-electron chi connectivity index (χ0n) is 33.1. The number of amides is 1. The second-order valence-corrected chi connectivity index (χ2v) is 15.5. The van der Waals surface area contributed by atoms with E-state index in [1.54, 1.807) is 18.2 Å². The summed E-state index contributed by atoms with van der Waals surface area (Å²) in [5.41, 5.74) is 0. The first-order chi connectivity index (χ1) is 24.9. The number of unbranched alkanes of at least 4 members (excludes halogenated alkanes) is 7. The van der Waals surface area contributed by atoms with Crippen molar-refractivity contribution in [3.63, 3.8) is 0 Å². The Kier molecular flexibility index (Phi) is 31.7. The molecule has 0 saturated heterocycles. The number of quaternary nitrogens is 1. The van der Waals surface area contributed by atoms with Crippen LogP contribution in [0.4, 0.5) is 0 Å². The summed E-state index contributed by atoms with van der Waals surface area (Å²) in [7, 11) is 1.10. The van der Waals surface area contributed by atoms with E-state index < -0.39 is 32.7 Å². The van der Waals surface area contributed by atoms with Crippen molar-refractivity contribution < 1.29 is 38.0 Å². The van der Waals surface area contributed by atoms with Crippen LogP contribution in [-0.4, -0.2) is 79.8 Å². The summed E-state index contributed by atoms with van der Waals surface area (Å²) in [6.07, 6.45) is 40.9. The van der Waals surface area contributed by atoms with Crippen molar-refractivity contribution in [2.75, 3.05) is 40.9 Å². The van der Waals surface area contributed by atoms with Crippen LogP contribution in [0.2, 0.25) is 0 Å². The minimum absolute atomic E-state index is 0.0464. The highest BCUT2D eigenvalue weighted by atomic mass is 31.2. The summed E-state index contributed by atoms with van der Waals surface area (Å²) in [5, 5.41) is 23.9. The quantitative estimate of drug-likeness (QED) is 0.0202. The number of carbonyl (C=O) groups excluding carboxylic acids is 1. The summed E-state index contributed by atoms with van der Waals surface area (Å²) in [4.78, 5) is 25.2. The molecule has 0 aliphatic carbocycles. The summed E-state index contributed by atoms with van der Waals surface area (Å²) < 4.78 is 23.0. The van der Waals surface area contributed by atoms with Crippen molar-refractivity contribution in [1.29, 1.82) is 0 Å². The third-order valence-electron chi connectivity index (χ3n) is 7.94. The minimum Gasteiger partial charge on any atom is -0.756 e. The van der Waals surface area contributed by atoms with Crippen molar-refractivity contribution in [3.05, 3.63) is 85.1 Å². The summed E-state index contributed by atoms with van der Waals surface area (Å²) in [6, 6.07) is -1.00. The van der Waals surface area contributed by atoms with E-state index >= 15 is 0 Å². The number of likely N-dealkylation sites (N-methyl/N-ethyl adjacent to an activating group) is 1. The highest BCUT2D eigenvalue weighted by Gasteiger charge is 2.23. The Labute approximate surface area is 317 Å². The molecule has 4 atom stereocenters. The van der Waals surface area contributed by atoms with Crippen LogP contribution in [0.5, 0.6) is 0 Å². The van der Waals surface area contributed by atoms with Gasteiger partial charge in [-0.2, -0.15) is 0 Å². The lowest BCUT2D eigenvalue weighted by atomic mass is 10.1. The molecule has 3 N–H and O–H groups in total. The number of rotatable bonds is 33. The Morgan fingerprint density at radius 3 is 2.04 bits per heavy atom. The maximum Gasteiger partial charge on any atom is 0.268 e. The Bertz CT molecular complexity index is 1140. The van der Waals surface area contributed by atoms with E-state index in [1.807, 2.05) is 39.4 Å². The zero-order chi connectivity index (χ0) is 38.8. The molecule has 0 aromatic rings. The van der Waals surface area contributed by atoms with E-state index in [4.69, 9.17) is 9.05 Å². The molecule has 0 bridgehead atoms. The van der Waals surface area contributed by atoms with Crippen LogP contribution in [0, 0.1) is 0 Å². The molecule has 52 heavy (non-hydrogen) atoms. The van der Waals surface area contributed by atoms with Crippen molar-refractivity contribution in [3.8, 4) is 0 Å². The van der Waals surface area contributed by atoms with Crippen molar-refractivity contribution >= 4 is 13.7 Å². The highest BCUT2D eigenvalue weighted by Crippen LogP contribution is 2.38. The fourth-order valence-electron chi connectivity index (χ4n) is 4.78. The Hall–Kier alpha value is -2.36. The summed E-state index contributed by atoms with van der Waals surface area (Å²) in [6.45, 7) is 4.28. The van der Waals surface area contributed by atoms with Crippen molar-refractivity contribution in [1.82, 2.24) is 5.32 Å². The van der Waals surface area contributed by atoms with E-state index in [-0.39, 0.29) is 18.9 Å². The smallest absolute Gasteiger partial charge is 0.268 e. The van der Waals surface area contributed by atoms with Gasteiger partial charge in [-0.05, 0) is 64.2 Å². The average Bonchev–Trinajstić information content (AvgIpc) is 3.08. The molecule has 2 unspecified atom stereocenters. The molecule has 298 valence electrons. The van der Waals surface area contributed by atoms with Gasteiger partial charge in [-0.25, -0.2) is 0 Å². The topological polar surface area (TPSA) is 128 Å². The largest absolute Gasteiger partial charge is 0.756 e. The molecule has 0 fully saturated rings. The third-order valence-corrected chi connectivity index (χ3v) is 8.91. The lowest BCUT2D eigenvalue weighted by Gasteiger charge is -2.29.